The third kappa shape index (κ3) is 3.48. The van der Waals surface area contributed by atoms with Crippen molar-refractivity contribution in [2.45, 2.75) is 20.3 Å². The number of thiazole rings is 1. The van der Waals surface area contributed by atoms with E-state index in [-0.39, 0.29) is 5.97 Å². The third-order valence-corrected chi connectivity index (χ3v) is 5.17. The van der Waals surface area contributed by atoms with Crippen LogP contribution in [0.2, 0.25) is 0 Å². The molecule has 4 aromatic rings. The fourth-order valence-corrected chi connectivity index (χ4v) is 3.88. The van der Waals surface area contributed by atoms with Crippen molar-refractivity contribution in [2.75, 3.05) is 6.61 Å². The number of imidazole rings is 1. The zero-order chi connectivity index (χ0) is 18.8. The maximum absolute atomic E-state index is 11.7. The first-order valence-electron chi connectivity index (χ1n) is 8.80. The number of nitrogens with zero attached hydrogens (tertiary/aromatic N) is 3. The number of aromatic nitrogens is 3. The van der Waals surface area contributed by atoms with E-state index in [9.17, 15) is 4.79 Å². The Hall–Kier alpha value is -2.99. The van der Waals surface area contributed by atoms with Gasteiger partial charge in [0.2, 0.25) is 0 Å². The van der Waals surface area contributed by atoms with Gasteiger partial charge in [0.15, 0.2) is 0 Å². The number of carbonyl (C=O) groups excluding carboxylic acids is 1. The van der Waals surface area contributed by atoms with Crippen molar-refractivity contribution < 1.29 is 9.53 Å². The molecule has 0 unspecified atom stereocenters. The number of ether oxygens (including phenoxy) is 1. The van der Waals surface area contributed by atoms with E-state index in [2.05, 4.69) is 14.8 Å². The average molecular weight is 377 g/mol. The highest BCUT2D eigenvalue weighted by Crippen LogP contribution is 2.27. The van der Waals surface area contributed by atoms with Crippen LogP contribution in [0.5, 0.6) is 0 Å². The van der Waals surface area contributed by atoms with Gasteiger partial charge in [0, 0.05) is 18.0 Å². The molecule has 136 valence electrons. The smallest absolute Gasteiger partial charge is 0.338 e. The fourth-order valence-electron chi connectivity index (χ4n) is 3.07. The normalized spacial score (nSPS) is 11.0. The summed E-state index contributed by atoms with van der Waals surface area (Å²) in [7, 11) is 0. The topological polar surface area (TPSA) is 56.5 Å². The van der Waals surface area contributed by atoms with E-state index in [1.54, 1.807) is 30.4 Å². The number of esters is 1. The van der Waals surface area contributed by atoms with Crippen LogP contribution in [0.15, 0.2) is 54.0 Å². The summed E-state index contributed by atoms with van der Waals surface area (Å²) in [6.07, 6.45) is 2.74. The summed E-state index contributed by atoms with van der Waals surface area (Å²) in [5.74, 6) is -0.288. The highest BCUT2D eigenvalue weighted by Gasteiger charge is 2.14. The Kier molecular flexibility index (Phi) is 4.73. The zero-order valence-electron chi connectivity index (χ0n) is 15.2. The van der Waals surface area contributed by atoms with E-state index in [0.717, 1.165) is 39.7 Å². The van der Waals surface area contributed by atoms with Crippen LogP contribution in [-0.2, 0) is 11.2 Å². The quantitative estimate of drug-likeness (QED) is 0.479. The van der Waals surface area contributed by atoms with E-state index < -0.39 is 0 Å². The van der Waals surface area contributed by atoms with Crippen LogP contribution in [0.25, 0.3) is 17.0 Å². The second-order valence-corrected chi connectivity index (χ2v) is 7.14. The maximum Gasteiger partial charge on any atom is 0.338 e. The van der Waals surface area contributed by atoms with Gasteiger partial charge >= 0.3 is 5.97 Å². The van der Waals surface area contributed by atoms with Gasteiger partial charge in [-0.15, -0.1) is 11.3 Å². The van der Waals surface area contributed by atoms with E-state index in [0.29, 0.717) is 12.2 Å². The molecule has 0 atom stereocenters. The first-order valence-corrected chi connectivity index (χ1v) is 9.68. The molecule has 0 aliphatic rings. The second-order valence-electron chi connectivity index (χ2n) is 6.20. The van der Waals surface area contributed by atoms with Crippen molar-refractivity contribution in [2.24, 2.45) is 0 Å². The number of fused-ring (bicyclic) bond motifs is 1. The van der Waals surface area contributed by atoms with Gasteiger partial charge in [0.1, 0.15) is 11.3 Å². The minimum Gasteiger partial charge on any atom is -0.462 e. The molecule has 3 heterocycles. The van der Waals surface area contributed by atoms with Crippen molar-refractivity contribution in [3.05, 3.63) is 75.9 Å². The molecule has 0 aliphatic heterocycles. The lowest BCUT2D eigenvalue weighted by Gasteiger charge is -2.03. The zero-order valence-corrected chi connectivity index (χ0v) is 16.0. The predicted molar refractivity (Wildman–Crippen MR) is 106 cm³/mol. The molecule has 0 spiro atoms. The van der Waals surface area contributed by atoms with Crippen molar-refractivity contribution in [1.29, 1.82) is 0 Å². The molecule has 0 bridgehead atoms. The van der Waals surface area contributed by atoms with Gasteiger partial charge in [-0.05, 0) is 43.7 Å². The Bertz CT molecular complexity index is 1100. The molecule has 27 heavy (non-hydrogen) atoms. The van der Waals surface area contributed by atoms with Gasteiger partial charge in [-0.1, -0.05) is 18.2 Å². The minimum atomic E-state index is -0.288. The molecule has 4 rings (SSSR count). The van der Waals surface area contributed by atoms with Crippen LogP contribution in [0.1, 0.15) is 33.5 Å². The van der Waals surface area contributed by atoms with Gasteiger partial charge in [0.25, 0.3) is 0 Å². The van der Waals surface area contributed by atoms with E-state index in [1.165, 1.54) is 0 Å². The van der Waals surface area contributed by atoms with Gasteiger partial charge in [-0.25, -0.2) is 14.8 Å². The van der Waals surface area contributed by atoms with Gasteiger partial charge < -0.3 is 4.74 Å². The molecule has 0 amide bonds. The lowest BCUT2D eigenvalue weighted by Crippen LogP contribution is -2.04. The molecule has 0 radical (unpaired) electrons. The summed E-state index contributed by atoms with van der Waals surface area (Å²) in [6.45, 7) is 4.19. The van der Waals surface area contributed by atoms with E-state index in [4.69, 9.17) is 9.72 Å². The average Bonchev–Trinajstić information content (AvgIpc) is 3.25. The molecule has 0 aliphatic carbocycles. The number of rotatable bonds is 5. The largest absolute Gasteiger partial charge is 0.462 e. The van der Waals surface area contributed by atoms with Crippen LogP contribution in [0, 0.1) is 6.92 Å². The second kappa shape index (κ2) is 7.32. The number of hydrogen-bond donors (Lipinski definition) is 0. The Morgan fingerprint density at radius 2 is 1.96 bits per heavy atom. The van der Waals surface area contributed by atoms with Gasteiger partial charge in [0.05, 0.1) is 28.6 Å². The molecule has 0 saturated carbocycles. The van der Waals surface area contributed by atoms with Crippen LogP contribution in [0.4, 0.5) is 0 Å². The van der Waals surface area contributed by atoms with Crippen molar-refractivity contribution >= 4 is 23.0 Å². The van der Waals surface area contributed by atoms with Crippen LogP contribution < -0.4 is 0 Å². The molecular weight excluding hydrogens is 358 g/mol. The summed E-state index contributed by atoms with van der Waals surface area (Å²) in [5.41, 5.74) is 5.55. The lowest BCUT2D eigenvalue weighted by atomic mass is 10.1. The van der Waals surface area contributed by atoms with Crippen LogP contribution in [-0.4, -0.2) is 26.9 Å². The molecular formula is C21H19N3O2S. The van der Waals surface area contributed by atoms with Gasteiger partial charge in [-0.3, -0.25) is 4.40 Å². The highest BCUT2D eigenvalue weighted by molar-refractivity contribution is 7.10. The summed E-state index contributed by atoms with van der Waals surface area (Å²) in [5, 5.41) is 3.10. The summed E-state index contributed by atoms with van der Waals surface area (Å²) >= 11 is 1.63. The molecule has 0 N–H and O–H groups in total. The Morgan fingerprint density at radius 3 is 2.74 bits per heavy atom. The van der Waals surface area contributed by atoms with Crippen LogP contribution in [0.3, 0.4) is 0 Å². The minimum absolute atomic E-state index is 0.288. The Labute approximate surface area is 161 Å². The van der Waals surface area contributed by atoms with Crippen LogP contribution >= 0.6 is 11.3 Å². The first kappa shape index (κ1) is 17.4. The molecule has 6 heteroatoms. The number of pyridine rings is 1. The summed E-state index contributed by atoms with van der Waals surface area (Å²) in [4.78, 5) is 21.2. The Morgan fingerprint density at radius 1 is 1.15 bits per heavy atom. The highest BCUT2D eigenvalue weighted by atomic mass is 32.1. The predicted octanol–water partition coefficient (Wildman–Crippen LogP) is 4.53. The number of benzene rings is 1. The van der Waals surface area contributed by atoms with Gasteiger partial charge in [-0.2, -0.15) is 0 Å². The standard InChI is InChI=1S/C21H19N3O2S/c1-3-26-21(25)16-9-7-15(8-10-16)12-19-23-17(13-27-19)20-14(2)22-18-6-4-5-11-24(18)20/h4-11,13H,3,12H2,1-2H3. The number of carbonyl (C=O) groups is 1. The third-order valence-electron chi connectivity index (χ3n) is 4.32. The number of hydrogen-bond acceptors (Lipinski definition) is 5. The molecule has 0 saturated heterocycles. The Balaban J connectivity index is 1.56. The molecule has 0 fully saturated rings. The molecule has 3 aromatic heterocycles. The fraction of sp³-hybridized carbons (Fsp3) is 0.190. The lowest BCUT2D eigenvalue weighted by molar-refractivity contribution is 0.0526. The number of aryl methyl sites for hydroxylation is 1. The van der Waals surface area contributed by atoms with E-state index in [1.807, 2.05) is 43.5 Å². The van der Waals surface area contributed by atoms with E-state index >= 15 is 0 Å². The monoisotopic (exact) mass is 377 g/mol. The van der Waals surface area contributed by atoms with Crippen molar-refractivity contribution in [1.82, 2.24) is 14.4 Å². The SMILES string of the molecule is CCOC(=O)c1ccc(Cc2nc(-c3c(C)nc4ccccn34)cs2)cc1. The molecule has 1 aromatic carbocycles. The van der Waals surface area contributed by atoms with Crippen molar-refractivity contribution in [3.63, 3.8) is 0 Å². The summed E-state index contributed by atoms with van der Waals surface area (Å²) < 4.78 is 7.09. The first-order chi connectivity index (χ1) is 13.2. The maximum atomic E-state index is 11.7. The molecule has 5 nitrogen and oxygen atoms in total. The van der Waals surface area contributed by atoms with Crippen molar-refractivity contribution in [3.8, 4) is 11.4 Å². The summed E-state index contributed by atoms with van der Waals surface area (Å²) in [6, 6.07) is 13.5.